The molecule has 0 saturated heterocycles. The van der Waals surface area contributed by atoms with E-state index in [1.165, 1.54) is 4.57 Å². The first-order valence-corrected chi connectivity index (χ1v) is 8.00. The monoisotopic (exact) mass is 330 g/mol. The molecule has 0 aliphatic carbocycles. The lowest BCUT2D eigenvalue weighted by atomic mass is 10.1. The number of carbonyl (C=O) groups is 2. The van der Waals surface area contributed by atoms with Crippen LogP contribution in [0.3, 0.4) is 0 Å². The normalized spacial score (nSPS) is 16.5. The second kappa shape index (κ2) is 6.08. The van der Waals surface area contributed by atoms with Gasteiger partial charge in [0.1, 0.15) is 11.9 Å². The second-order valence-electron chi connectivity index (χ2n) is 5.89. The topological polar surface area (TPSA) is 76.0 Å². The molecule has 120 valence electrons. The van der Waals surface area contributed by atoms with Gasteiger partial charge in [-0.25, -0.2) is 9.55 Å². The van der Waals surface area contributed by atoms with Gasteiger partial charge in [-0.1, -0.05) is 12.1 Å². The minimum Gasteiger partial charge on any atom is -0.359 e. The van der Waals surface area contributed by atoms with E-state index in [2.05, 4.69) is 15.6 Å². The van der Waals surface area contributed by atoms with Crippen LogP contribution in [0.2, 0.25) is 0 Å². The summed E-state index contributed by atoms with van der Waals surface area (Å²) in [6, 6.07) is 7.17. The first kappa shape index (κ1) is 15.6. The molecule has 6 nitrogen and oxygen atoms in total. The molecule has 2 heterocycles. The molecule has 1 aromatic carbocycles. The van der Waals surface area contributed by atoms with E-state index in [4.69, 9.17) is 12.2 Å². The number of anilines is 1. The molecule has 1 aromatic heterocycles. The van der Waals surface area contributed by atoms with Gasteiger partial charge in [0, 0.05) is 17.8 Å². The summed E-state index contributed by atoms with van der Waals surface area (Å²) in [7, 11) is 0. The Morgan fingerprint density at radius 2 is 2.17 bits per heavy atom. The third-order valence-corrected chi connectivity index (χ3v) is 4.00. The predicted molar refractivity (Wildman–Crippen MR) is 91.1 cm³/mol. The number of amides is 1. The molecule has 0 saturated carbocycles. The average molecular weight is 330 g/mol. The molecule has 2 N–H and O–H groups in total. The van der Waals surface area contributed by atoms with Gasteiger partial charge in [0.15, 0.2) is 0 Å². The van der Waals surface area contributed by atoms with E-state index in [0.717, 1.165) is 10.9 Å². The SMILES string of the molecule is CC(C)NC(=O)CC[C@H]1Nc2c3ccccc3nc(=S)n2C1=O. The third-order valence-electron chi connectivity index (χ3n) is 3.73. The highest BCUT2D eigenvalue weighted by atomic mass is 32.1. The quantitative estimate of drug-likeness (QED) is 0.843. The van der Waals surface area contributed by atoms with Crippen molar-refractivity contribution in [2.75, 3.05) is 5.32 Å². The summed E-state index contributed by atoms with van der Waals surface area (Å²) in [5, 5.41) is 6.88. The number of aromatic nitrogens is 2. The Morgan fingerprint density at radius 3 is 2.91 bits per heavy atom. The lowest BCUT2D eigenvalue weighted by Crippen LogP contribution is -2.32. The highest BCUT2D eigenvalue weighted by Crippen LogP contribution is 2.28. The van der Waals surface area contributed by atoms with Crippen molar-refractivity contribution in [3.63, 3.8) is 0 Å². The Hall–Kier alpha value is -2.28. The van der Waals surface area contributed by atoms with Crippen molar-refractivity contribution in [2.45, 2.75) is 38.8 Å². The van der Waals surface area contributed by atoms with Gasteiger partial charge in [0.05, 0.1) is 5.52 Å². The number of benzene rings is 1. The molecule has 1 aliphatic heterocycles. The van der Waals surface area contributed by atoms with Gasteiger partial charge in [-0.2, -0.15) is 0 Å². The van der Waals surface area contributed by atoms with Crippen LogP contribution in [0.25, 0.3) is 10.9 Å². The first-order valence-electron chi connectivity index (χ1n) is 7.59. The number of hydrogen-bond acceptors (Lipinski definition) is 5. The largest absolute Gasteiger partial charge is 0.359 e. The summed E-state index contributed by atoms with van der Waals surface area (Å²) in [5.74, 6) is 0.456. The summed E-state index contributed by atoms with van der Waals surface area (Å²) >= 11 is 5.24. The zero-order chi connectivity index (χ0) is 16.6. The lowest BCUT2D eigenvalue weighted by Gasteiger charge is -2.11. The van der Waals surface area contributed by atoms with Crippen LogP contribution in [0.15, 0.2) is 24.3 Å². The van der Waals surface area contributed by atoms with Gasteiger partial charge < -0.3 is 10.6 Å². The van der Waals surface area contributed by atoms with Crippen molar-refractivity contribution in [3.8, 4) is 0 Å². The highest BCUT2D eigenvalue weighted by molar-refractivity contribution is 7.71. The van der Waals surface area contributed by atoms with Gasteiger partial charge >= 0.3 is 0 Å². The van der Waals surface area contributed by atoms with Crippen LogP contribution < -0.4 is 10.6 Å². The van der Waals surface area contributed by atoms with E-state index in [-0.39, 0.29) is 29.0 Å². The Labute approximate surface area is 138 Å². The number of rotatable bonds is 4. The third kappa shape index (κ3) is 2.96. The van der Waals surface area contributed by atoms with Crippen LogP contribution in [-0.2, 0) is 4.79 Å². The molecule has 1 aliphatic rings. The van der Waals surface area contributed by atoms with E-state index < -0.39 is 6.04 Å². The molecule has 0 fully saturated rings. The van der Waals surface area contributed by atoms with Crippen LogP contribution in [0, 0.1) is 4.77 Å². The van der Waals surface area contributed by atoms with Gasteiger partial charge in [0.2, 0.25) is 10.7 Å². The zero-order valence-corrected chi connectivity index (χ0v) is 13.8. The molecule has 0 unspecified atom stereocenters. The molecule has 0 bridgehead atoms. The lowest BCUT2D eigenvalue weighted by molar-refractivity contribution is -0.121. The maximum atomic E-state index is 12.6. The molecular formula is C16H18N4O2S. The summed E-state index contributed by atoms with van der Waals surface area (Å²) in [4.78, 5) is 28.6. The molecule has 3 rings (SSSR count). The molecule has 0 radical (unpaired) electrons. The Bertz CT molecular complexity index is 844. The Kier molecular flexibility index (Phi) is 4.12. The fourth-order valence-corrected chi connectivity index (χ4v) is 3.01. The van der Waals surface area contributed by atoms with E-state index in [1.807, 2.05) is 38.1 Å². The maximum absolute atomic E-state index is 12.6. The van der Waals surface area contributed by atoms with Crippen LogP contribution in [0.4, 0.5) is 5.82 Å². The Balaban J connectivity index is 1.85. The van der Waals surface area contributed by atoms with E-state index in [0.29, 0.717) is 12.2 Å². The van der Waals surface area contributed by atoms with Gasteiger partial charge in [-0.3, -0.25) is 9.59 Å². The summed E-state index contributed by atoms with van der Waals surface area (Å²) in [5.41, 5.74) is 0.752. The number of fused-ring (bicyclic) bond motifs is 3. The van der Waals surface area contributed by atoms with Crippen molar-refractivity contribution in [3.05, 3.63) is 29.0 Å². The second-order valence-corrected chi connectivity index (χ2v) is 6.26. The number of nitrogens with zero attached hydrogens (tertiary/aromatic N) is 2. The average Bonchev–Trinajstić information content (AvgIpc) is 2.82. The number of para-hydroxylation sites is 1. The van der Waals surface area contributed by atoms with Gasteiger partial charge in [-0.05, 0) is 44.6 Å². The molecule has 1 amide bonds. The van der Waals surface area contributed by atoms with Gasteiger partial charge in [0.25, 0.3) is 5.91 Å². The first-order chi connectivity index (χ1) is 11.0. The summed E-state index contributed by atoms with van der Waals surface area (Å²) < 4.78 is 1.67. The van der Waals surface area contributed by atoms with Crippen LogP contribution in [0.5, 0.6) is 0 Å². The minimum absolute atomic E-state index is 0.0582. The highest BCUT2D eigenvalue weighted by Gasteiger charge is 2.31. The zero-order valence-electron chi connectivity index (χ0n) is 13.0. The molecule has 1 atom stereocenters. The van der Waals surface area contributed by atoms with Crippen LogP contribution in [0.1, 0.15) is 31.5 Å². The van der Waals surface area contributed by atoms with Crippen molar-refractivity contribution >= 4 is 40.8 Å². The van der Waals surface area contributed by atoms with Crippen LogP contribution >= 0.6 is 12.2 Å². The molecule has 23 heavy (non-hydrogen) atoms. The molecule has 7 heteroatoms. The molecular weight excluding hydrogens is 312 g/mol. The fourth-order valence-electron chi connectivity index (χ4n) is 2.74. The maximum Gasteiger partial charge on any atom is 0.257 e. The smallest absolute Gasteiger partial charge is 0.257 e. The van der Waals surface area contributed by atoms with Crippen molar-refractivity contribution in [2.24, 2.45) is 0 Å². The standard InChI is InChI=1S/C16H18N4O2S/c1-9(2)17-13(21)8-7-12-15(22)20-14(18-12)10-5-3-4-6-11(10)19-16(20)23/h3-6,9,12,18H,7-8H2,1-2H3,(H,17,21)/t12-/m1/s1. The van der Waals surface area contributed by atoms with Gasteiger partial charge in [-0.15, -0.1) is 0 Å². The molecule has 0 spiro atoms. The Morgan fingerprint density at radius 1 is 1.43 bits per heavy atom. The van der Waals surface area contributed by atoms with Crippen molar-refractivity contribution < 1.29 is 9.59 Å². The van der Waals surface area contributed by atoms with E-state index in [1.54, 1.807) is 0 Å². The van der Waals surface area contributed by atoms with E-state index >= 15 is 0 Å². The summed E-state index contributed by atoms with van der Waals surface area (Å²) in [6.07, 6.45) is 0.705. The number of hydrogen-bond donors (Lipinski definition) is 2. The van der Waals surface area contributed by atoms with Crippen molar-refractivity contribution in [1.29, 1.82) is 0 Å². The van der Waals surface area contributed by atoms with Crippen molar-refractivity contribution in [1.82, 2.24) is 14.9 Å². The number of carbonyl (C=O) groups excluding carboxylic acids is 2. The number of nitrogens with one attached hydrogen (secondary N) is 2. The minimum atomic E-state index is -0.456. The van der Waals surface area contributed by atoms with E-state index in [9.17, 15) is 9.59 Å². The fraction of sp³-hybridized carbons (Fsp3) is 0.375. The summed E-state index contributed by atoms with van der Waals surface area (Å²) in [6.45, 7) is 3.81. The van der Waals surface area contributed by atoms with Crippen LogP contribution in [-0.4, -0.2) is 33.4 Å². The molecule has 2 aromatic rings. The predicted octanol–water partition coefficient (Wildman–Crippen LogP) is 2.50.